The molecule has 2 aromatic carbocycles. The van der Waals surface area contributed by atoms with E-state index in [0.29, 0.717) is 24.6 Å². The van der Waals surface area contributed by atoms with Crippen molar-refractivity contribution in [3.8, 4) is 11.5 Å². The van der Waals surface area contributed by atoms with E-state index in [4.69, 9.17) is 9.47 Å². The molecule has 0 amide bonds. The molecular formula is C26H38N2O6S2. The quantitative estimate of drug-likeness (QED) is 0.418. The summed E-state index contributed by atoms with van der Waals surface area (Å²) in [5.74, 6) is 1.32. The molecule has 1 aliphatic carbocycles. The molecule has 0 aliphatic heterocycles. The molecule has 2 atom stereocenters. The molecule has 3 rings (SSSR count). The molecule has 36 heavy (non-hydrogen) atoms. The summed E-state index contributed by atoms with van der Waals surface area (Å²) in [6, 6.07) is 10.8. The van der Waals surface area contributed by atoms with Crippen LogP contribution in [0.15, 0.2) is 52.3 Å². The average molecular weight is 539 g/mol. The largest absolute Gasteiger partial charge is 0.493 e. The smallest absolute Gasteiger partial charge is 0.243 e. The van der Waals surface area contributed by atoms with Gasteiger partial charge in [0, 0.05) is 25.7 Å². The lowest BCUT2D eigenvalue weighted by Crippen LogP contribution is -2.44. The lowest BCUT2D eigenvalue weighted by Gasteiger charge is -2.38. The molecule has 8 nitrogen and oxygen atoms in total. The second-order valence-corrected chi connectivity index (χ2v) is 13.0. The fraction of sp³-hybridized carbons (Fsp3) is 0.538. The maximum Gasteiger partial charge on any atom is 0.243 e. The fourth-order valence-corrected chi connectivity index (χ4v) is 8.09. The van der Waals surface area contributed by atoms with Crippen molar-refractivity contribution in [1.82, 2.24) is 8.61 Å². The van der Waals surface area contributed by atoms with Crippen LogP contribution in [0.5, 0.6) is 11.5 Å². The Kier molecular flexibility index (Phi) is 9.43. The Bertz CT molecular complexity index is 1230. The Balaban J connectivity index is 2.01. The van der Waals surface area contributed by atoms with Crippen molar-refractivity contribution >= 4 is 20.0 Å². The molecule has 0 aromatic heterocycles. The number of rotatable bonds is 11. The number of nitrogens with zero attached hydrogens (tertiary/aromatic N) is 2. The van der Waals surface area contributed by atoms with Gasteiger partial charge < -0.3 is 9.47 Å². The minimum Gasteiger partial charge on any atom is -0.493 e. The van der Waals surface area contributed by atoms with Crippen LogP contribution in [0, 0.1) is 5.92 Å². The monoisotopic (exact) mass is 538 g/mol. The third-order valence-electron chi connectivity index (χ3n) is 7.00. The van der Waals surface area contributed by atoms with Gasteiger partial charge in [-0.05, 0) is 60.7 Å². The highest BCUT2D eigenvalue weighted by molar-refractivity contribution is 7.89. The van der Waals surface area contributed by atoms with Crippen LogP contribution in [0.4, 0.5) is 0 Å². The number of ether oxygens (including phenoxy) is 2. The van der Waals surface area contributed by atoms with Gasteiger partial charge in [-0.1, -0.05) is 39.7 Å². The average Bonchev–Trinajstić information content (AvgIpc) is 2.88. The molecule has 1 saturated carbocycles. The van der Waals surface area contributed by atoms with Crippen LogP contribution in [-0.2, 0) is 26.6 Å². The first kappa shape index (κ1) is 28.4. The highest BCUT2D eigenvalue weighted by Gasteiger charge is 2.36. The summed E-state index contributed by atoms with van der Waals surface area (Å²) in [5, 5.41) is 0. The summed E-state index contributed by atoms with van der Waals surface area (Å²) in [5.41, 5.74) is 0.787. The Labute approximate surface area is 216 Å². The molecule has 0 spiro atoms. The second-order valence-electron chi connectivity index (χ2n) is 9.13. The van der Waals surface area contributed by atoms with Crippen molar-refractivity contribution in [1.29, 1.82) is 0 Å². The molecule has 0 N–H and O–H groups in total. The minimum absolute atomic E-state index is 0.0826. The zero-order valence-electron chi connectivity index (χ0n) is 21.8. The number of methoxy groups -OCH3 is 2. The molecule has 0 saturated heterocycles. The van der Waals surface area contributed by atoms with E-state index in [2.05, 4.69) is 6.92 Å². The van der Waals surface area contributed by atoms with Crippen LogP contribution in [0.1, 0.15) is 52.0 Å². The summed E-state index contributed by atoms with van der Waals surface area (Å²) in [6.07, 6.45) is 3.79. The van der Waals surface area contributed by atoms with Crippen molar-refractivity contribution in [2.45, 2.75) is 68.8 Å². The zero-order chi connectivity index (χ0) is 26.5. The first-order valence-electron chi connectivity index (χ1n) is 12.4. The molecule has 1 fully saturated rings. The van der Waals surface area contributed by atoms with Crippen molar-refractivity contribution in [3.63, 3.8) is 0 Å². The van der Waals surface area contributed by atoms with Gasteiger partial charge in [0.15, 0.2) is 11.5 Å². The van der Waals surface area contributed by atoms with E-state index in [9.17, 15) is 16.8 Å². The van der Waals surface area contributed by atoms with Crippen molar-refractivity contribution in [2.24, 2.45) is 5.92 Å². The van der Waals surface area contributed by atoms with Gasteiger partial charge in [0.1, 0.15) is 0 Å². The third kappa shape index (κ3) is 5.88. The number of sulfonamides is 2. The predicted octanol–water partition coefficient (Wildman–Crippen LogP) is 4.50. The Hall–Kier alpha value is -2.14. The summed E-state index contributed by atoms with van der Waals surface area (Å²) >= 11 is 0. The molecule has 1 aliphatic rings. The summed E-state index contributed by atoms with van der Waals surface area (Å²) < 4.78 is 67.4. The maximum absolute atomic E-state index is 14.0. The summed E-state index contributed by atoms with van der Waals surface area (Å²) in [4.78, 5) is 0.168. The van der Waals surface area contributed by atoms with Crippen LogP contribution in [0.2, 0.25) is 0 Å². The lowest BCUT2D eigenvalue weighted by atomic mass is 9.86. The first-order valence-corrected chi connectivity index (χ1v) is 15.3. The first-order chi connectivity index (χ1) is 17.1. The van der Waals surface area contributed by atoms with Crippen molar-refractivity contribution in [2.75, 3.05) is 27.3 Å². The normalized spacial score (nSPS) is 19.0. The molecule has 0 bridgehead atoms. The SMILES string of the molecule is CCN(CC)S(=O)(=O)c1ccc(S(=O)(=O)N(Cc2ccc(OC)c(OC)c2)C2CCCCC2C)cc1. The summed E-state index contributed by atoms with van der Waals surface area (Å²) in [7, 11) is -4.48. The molecular weight excluding hydrogens is 500 g/mol. The van der Waals surface area contributed by atoms with Gasteiger partial charge >= 0.3 is 0 Å². The third-order valence-corrected chi connectivity index (χ3v) is 10.9. The van der Waals surface area contributed by atoms with E-state index in [1.54, 1.807) is 44.5 Å². The number of hydrogen-bond acceptors (Lipinski definition) is 6. The van der Waals surface area contributed by atoms with Crippen LogP contribution < -0.4 is 9.47 Å². The molecule has 2 unspecified atom stereocenters. The fourth-order valence-electron chi connectivity index (χ4n) is 4.90. The van der Waals surface area contributed by atoms with E-state index in [0.717, 1.165) is 31.2 Å². The van der Waals surface area contributed by atoms with Gasteiger partial charge in [-0.2, -0.15) is 8.61 Å². The van der Waals surface area contributed by atoms with E-state index in [-0.39, 0.29) is 28.3 Å². The number of benzene rings is 2. The second kappa shape index (κ2) is 11.9. The molecule has 2 aromatic rings. The van der Waals surface area contributed by atoms with Crippen LogP contribution in [0.25, 0.3) is 0 Å². The van der Waals surface area contributed by atoms with Gasteiger partial charge in [-0.25, -0.2) is 16.8 Å². The minimum atomic E-state index is -3.91. The van der Waals surface area contributed by atoms with Crippen LogP contribution in [-0.4, -0.2) is 58.8 Å². The van der Waals surface area contributed by atoms with Gasteiger partial charge in [-0.15, -0.1) is 0 Å². The van der Waals surface area contributed by atoms with E-state index in [1.165, 1.54) is 28.6 Å². The number of hydrogen-bond donors (Lipinski definition) is 0. The van der Waals surface area contributed by atoms with Gasteiger partial charge in [0.25, 0.3) is 0 Å². The zero-order valence-corrected chi connectivity index (χ0v) is 23.4. The standard InChI is InChI=1S/C26H38N2O6S2/c1-6-27(7-2)35(29,30)22-13-15-23(16-14-22)36(31,32)28(24-11-9-8-10-20(24)3)19-21-12-17-25(33-4)26(18-21)34-5/h12-18,20,24H,6-11,19H2,1-5H3. The van der Waals surface area contributed by atoms with Gasteiger partial charge in [0.2, 0.25) is 20.0 Å². The van der Waals surface area contributed by atoms with Crippen molar-refractivity contribution < 1.29 is 26.3 Å². The summed E-state index contributed by atoms with van der Waals surface area (Å²) in [6.45, 7) is 6.52. The predicted molar refractivity (Wildman–Crippen MR) is 140 cm³/mol. The lowest BCUT2D eigenvalue weighted by molar-refractivity contribution is 0.185. The van der Waals surface area contributed by atoms with E-state index < -0.39 is 20.0 Å². The molecule has 0 heterocycles. The van der Waals surface area contributed by atoms with Crippen LogP contribution >= 0.6 is 0 Å². The molecule has 200 valence electrons. The van der Waals surface area contributed by atoms with Crippen LogP contribution in [0.3, 0.4) is 0 Å². The van der Waals surface area contributed by atoms with Gasteiger partial charge in [-0.3, -0.25) is 0 Å². The molecule has 0 radical (unpaired) electrons. The van der Waals surface area contributed by atoms with Crippen molar-refractivity contribution in [3.05, 3.63) is 48.0 Å². The van der Waals surface area contributed by atoms with E-state index >= 15 is 0 Å². The Morgan fingerprint density at radius 3 is 1.89 bits per heavy atom. The highest BCUT2D eigenvalue weighted by atomic mass is 32.2. The van der Waals surface area contributed by atoms with E-state index in [1.807, 2.05) is 6.07 Å². The Morgan fingerprint density at radius 2 is 1.36 bits per heavy atom. The highest BCUT2D eigenvalue weighted by Crippen LogP contribution is 2.35. The van der Waals surface area contributed by atoms with Gasteiger partial charge in [0.05, 0.1) is 24.0 Å². The maximum atomic E-state index is 14.0. The molecule has 10 heteroatoms. The Morgan fingerprint density at radius 1 is 0.806 bits per heavy atom. The topological polar surface area (TPSA) is 93.2 Å².